The van der Waals surface area contributed by atoms with Gasteiger partial charge in [-0.3, -0.25) is 0 Å². The van der Waals surface area contributed by atoms with E-state index in [1.807, 2.05) is 20.8 Å². The van der Waals surface area contributed by atoms with Crippen LogP contribution in [0, 0.1) is 0 Å². The Morgan fingerprint density at radius 1 is 1.17 bits per heavy atom. The maximum absolute atomic E-state index is 12.2. The quantitative estimate of drug-likeness (QED) is 0.826. The predicted molar refractivity (Wildman–Crippen MR) is 116 cm³/mol. The maximum Gasteiger partial charge on any atom is 0.407 e. The number of carbonyl (C=O) groups is 1. The number of carbonyl (C=O) groups excluding carboxylic acids is 1. The first-order chi connectivity index (χ1) is 13.9. The number of amides is 1. The second-order valence-corrected chi connectivity index (χ2v) is 9.22. The lowest BCUT2D eigenvalue weighted by Crippen LogP contribution is -2.36. The Bertz CT molecular complexity index is 867. The molecule has 1 saturated heterocycles. The molecule has 4 rings (SSSR count). The first-order valence-electron chi connectivity index (χ1n) is 10.5. The number of fused-ring (bicyclic) bond motifs is 2. The highest BCUT2D eigenvalue weighted by molar-refractivity contribution is 5.70. The summed E-state index contributed by atoms with van der Waals surface area (Å²) in [6.07, 6.45) is 0.752. The van der Waals surface area contributed by atoms with E-state index in [-0.39, 0.29) is 11.5 Å². The number of benzene rings is 2. The fraction of sp³-hybridized carbons (Fsp3) is 0.458. The second-order valence-electron chi connectivity index (χ2n) is 9.22. The third-order valence-electron chi connectivity index (χ3n) is 5.78. The summed E-state index contributed by atoms with van der Waals surface area (Å²) in [6.45, 7) is 10.1. The highest BCUT2D eigenvalue weighted by Gasteiger charge is 2.45. The molecule has 0 aliphatic carbocycles. The van der Waals surface area contributed by atoms with Gasteiger partial charge in [-0.1, -0.05) is 42.5 Å². The van der Waals surface area contributed by atoms with Gasteiger partial charge in [-0.15, -0.1) is 0 Å². The highest BCUT2D eigenvalue weighted by Crippen LogP contribution is 2.46. The van der Waals surface area contributed by atoms with Gasteiger partial charge in [-0.05, 0) is 56.5 Å². The van der Waals surface area contributed by atoms with Crippen molar-refractivity contribution in [3.05, 3.63) is 65.2 Å². The first-order valence-corrected chi connectivity index (χ1v) is 10.5. The van der Waals surface area contributed by atoms with Gasteiger partial charge in [-0.25, -0.2) is 4.79 Å². The van der Waals surface area contributed by atoms with E-state index in [9.17, 15) is 4.79 Å². The summed E-state index contributed by atoms with van der Waals surface area (Å²) in [5.41, 5.74) is 4.80. The van der Waals surface area contributed by atoms with Crippen LogP contribution < -0.4 is 15.5 Å². The third kappa shape index (κ3) is 4.25. The third-order valence-corrected chi connectivity index (χ3v) is 5.78. The molecular formula is C24H31N3O2. The molecule has 2 N–H and O–H groups in total. The maximum atomic E-state index is 12.2. The largest absolute Gasteiger partial charge is 0.444 e. The number of hydrogen-bond acceptors (Lipinski definition) is 4. The van der Waals surface area contributed by atoms with Gasteiger partial charge in [0.25, 0.3) is 0 Å². The normalized spacial score (nSPS) is 20.7. The van der Waals surface area contributed by atoms with Gasteiger partial charge in [0.15, 0.2) is 0 Å². The average molecular weight is 394 g/mol. The SMILES string of the molecule is CC(C)(C)OC(=O)NCc1cccc2c1C1(CCNC1)CN2Cc1ccccc1. The topological polar surface area (TPSA) is 53.6 Å². The second kappa shape index (κ2) is 7.71. The van der Waals surface area contributed by atoms with Crippen LogP contribution in [0.25, 0.3) is 0 Å². The van der Waals surface area contributed by atoms with Gasteiger partial charge < -0.3 is 20.3 Å². The lowest BCUT2D eigenvalue weighted by atomic mass is 9.79. The average Bonchev–Trinajstić information content (AvgIpc) is 3.26. The van der Waals surface area contributed by atoms with Crippen molar-refractivity contribution in [1.82, 2.24) is 10.6 Å². The first kappa shape index (κ1) is 19.8. The molecule has 0 radical (unpaired) electrons. The molecule has 29 heavy (non-hydrogen) atoms. The zero-order valence-electron chi connectivity index (χ0n) is 17.6. The number of nitrogens with zero attached hydrogens (tertiary/aromatic N) is 1. The summed E-state index contributed by atoms with van der Waals surface area (Å²) in [7, 11) is 0. The van der Waals surface area contributed by atoms with Crippen molar-refractivity contribution in [2.75, 3.05) is 24.5 Å². The minimum atomic E-state index is -0.494. The minimum Gasteiger partial charge on any atom is -0.444 e. The Morgan fingerprint density at radius 3 is 2.66 bits per heavy atom. The van der Waals surface area contributed by atoms with Crippen LogP contribution >= 0.6 is 0 Å². The van der Waals surface area contributed by atoms with Crippen molar-refractivity contribution in [2.24, 2.45) is 0 Å². The summed E-state index contributed by atoms with van der Waals surface area (Å²) in [5, 5.41) is 6.52. The van der Waals surface area contributed by atoms with Crippen molar-refractivity contribution in [3.8, 4) is 0 Å². The summed E-state index contributed by atoms with van der Waals surface area (Å²) in [5.74, 6) is 0. The zero-order chi connectivity index (χ0) is 20.5. The number of alkyl carbamates (subject to hydrolysis) is 1. The van der Waals surface area contributed by atoms with Crippen LogP contribution in [0.15, 0.2) is 48.5 Å². The molecular weight excluding hydrogens is 362 g/mol. The van der Waals surface area contributed by atoms with Crippen LogP contribution in [0.5, 0.6) is 0 Å². The van der Waals surface area contributed by atoms with Gasteiger partial charge in [0, 0.05) is 37.3 Å². The van der Waals surface area contributed by atoms with Crippen molar-refractivity contribution in [2.45, 2.75) is 51.3 Å². The molecule has 0 aromatic heterocycles. The summed E-state index contributed by atoms with van der Waals surface area (Å²) in [6, 6.07) is 17.1. The molecule has 1 atom stereocenters. The van der Waals surface area contributed by atoms with Crippen molar-refractivity contribution in [1.29, 1.82) is 0 Å². The van der Waals surface area contributed by atoms with E-state index in [1.54, 1.807) is 0 Å². The number of rotatable bonds is 4. The van der Waals surface area contributed by atoms with E-state index in [0.29, 0.717) is 6.54 Å². The molecule has 2 aliphatic heterocycles. The van der Waals surface area contributed by atoms with Gasteiger partial charge in [0.1, 0.15) is 5.60 Å². The summed E-state index contributed by atoms with van der Waals surface area (Å²) < 4.78 is 5.42. The smallest absolute Gasteiger partial charge is 0.407 e. The Labute approximate surface area is 173 Å². The van der Waals surface area contributed by atoms with Crippen LogP contribution in [0.2, 0.25) is 0 Å². The molecule has 5 heteroatoms. The zero-order valence-corrected chi connectivity index (χ0v) is 17.6. The molecule has 2 aliphatic rings. The molecule has 1 amide bonds. The number of nitrogens with one attached hydrogen (secondary N) is 2. The lowest BCUT2D eigenvalue weighted by molar-refractivity contribution is 0.0523. The van der Waals surface area contributed by atoms with E-state index in [0.717, 1.165) is 32.6 Å². The Morgan fingerprint density at radius 2 is 1.97 bits per heavy atom. The number of hydrogen-bond donors (Lipinski definition) is 2. The Balaban J connectivity index is 1.60. The van der Waals surface area contributed by atoms with E-state index in [4.69, 9.17) is 4.74 Å². The lowest BCUT2D eigenvalue weighted by Gasteiger charge is -2.26. The molecule has 2 aromatic rings. The summed E-state index contributed by atoms with van der Waals surface area (Å²) >= 11 is 0. The molecule has 2 aromatic carbocycles. The molecule has 5 nitrogen and oxygen atoms in total. The van der Waals surface area contributed by atoms with E-state index in [1.165, 1.54) is 22.4 Å². The fourth-order valence-electron chi connectivity index (χ4n) is 4.66. The van der Waals surface area contributed by atoms with Crippen molar-refractivity contribution in [3.63, 3.8) is 0 Å². The predicted octanol–water partition coefficient (Wildman–Crippen LogP) is 3.96. The van der Waals surface area contributed by atoms with Crippen LogP contribution in [0.3, 0.4) is 0 Å². The molecule has 1 unspecified atom stereocenters. The molecule has 0 saturated carbocycles. The van der Waals surface area contributed by atoms with E-state index < -0.39 is 5.60 Å². The van der Waals surface area contributed by atoms with Crippen molar-refractivity contribution >= 4 is 11.8 Å². The molecule has 1 fully saturated rings. The van der Waals surface area contributed by atoms with Gasteiger partial charge in [0.05, 0.1) is 0 Å². The Kier molecular flexibility index (Phi) is 5.26. The Hall–Kier alpha value is -2.53. The molecule has 2 heterocycles. The molecule has 154 valence electrons. The number of anilines is 1. The minimum absolute atomic E-state index is 0.107. The molecule has 0 bridgehead atoms. The molecule has 1 spiro atoms. The van der Waals surface area contributed by atoms with E-state index >= 15 is 0 Å². The van der Waals surface area contributed by atoms with Crippen LogP contribution in [0.1, 0.15) is 43.9 Å². The highest BCUT2D eigenvalue weighted by atomic mass is 16.6. The van der Waals surface area contributed by atoms with Gasteiger partial charge in [-0.2, -0.15) is 0 Å². The van der Waals surface area contributed by atoms with Gasteiger partial charge in [0.2, 0.25) is 0 Å². The van der Waals surface area contributed by atoms with Crippen LogP contribution in [-0.4, -0.2) is 31.3 Å². The van der Waals surface area contributed by atoms with Crippen molar-refractivity contribution < 1.29 is 9.53 Å². The van der Waals surface area contributed by atoms with E-state index in [2.05, 4.69) is 64.1 Å². The fourth-order valence-corrected chi connectivity index (χ4v) is 4.66. The van der Waals surface area contributed by atoms with Gasteiger partial charge >= 0.3 is 6.09 Å². The summed E-state index contributed by atoms with van der Waals surface area (Å²) in [4.78, 5) is 14.7. The number of ether oxygens (including phenoxy) is 1. The van der Waals surface area contributed by atoms with Crippen LogP contribution in [0.4, 0.5) is 10.5 Å². The standard InChI is InChI=1S/C24H31N3O2/c1-23(2,3)29-22(28)26-14-19-10-7-11-20-21(19)24(12-13-25-16-24)17-27(20)15-18-8-5-4-6-9-18/h4-11,25H,12-17H2,1-3H3,(H,26,28). The van der Waals surface area contributed by atoms with Crippen LogP contribution in [-0.2, 0) is 23.2 Å². The monoisotopic (exact) mass is 393 g/mol.